The van der Waals surface area contributed by atoms with Crippen LogP contribution >= 0.6 is 15.9 Å². The molecular weight excluding hydrogens is 313 g/mol. The molecule has 0 unspecified atom stereocenters. The molecule has 2 rings (SSSR count). The molecule has 3 nitrogen and oxygen atoms in total. The van der Waals surface area contributed by atoms with Crippen molar-refractivity contribution in [1.82, 2.24) is 5.32 Å². The van der Waals surface area contributed by atoms with Gasteiger partial charge in [-0.3, -0.25) is 4.79 Å². The third-order valence-electron chi connectivity index (χ3n) is 2.92. The smallest absolute Gasteiger partial charge is 0.398 e. The Bertz CT molecular complexity index is 498. The monoisotopic (exact) mass is 322 g/mol. The van der Waals surface area contributed by atoms with Crippen LogP contribution in [0.5, 0.6) is 0 Å². The fourth-order valence-corrected chi connectivity index (χ4v) is 2.06. The van der Waals surface area contributed by atoms with E-state index in [1.807, 2.05) is 5.32 Å². The maximum atomic E-state index is 12.7. The van der Waals surface area contributed by atoms with Crippen LogP contribution in [0.15, 0.2) is 22.7 Å². The van der Waals surface area contributed by atoms with E-state index in [2.05, 4.69) is 15.9 Å². The lowest BCUT2D eigenvalue weighted by Gasteiger charge is -2.21. The minimum Gasteiger partial charge on any atom is -0.398 e. The Morgan fingerprint density at radius 3 is 2.50 bits per heavy atom. The summed E-state index contributed by atoms with van der Waals surface area (Å²) >= 11 is 3.09. The summed E-state index contributed by atoms with van der Waals surface area (Å²) < 4.78 is 38.4. The molecule has 0 atom stereocenters. The Kier molecular flexibility index (Phi) is 3.04. The summed E-state index contributed by atoms with van der Waals surface area (Å²) in [6.07, 6.45) is -4.58. The average Bonchev–Trinajstić information content (AvgIpc) is 3.02. The number of amides is 1. The van der Waals surface area contributed by atoms with E-state index in [0.29, 0.717) is 10.2 Å². The highest BCUT2D eigenvalue weighted by molar-refractivity contribution is 9.10. The standard InChI is InChI=1S/C11H10BrF3N2O/c12-8-6(2-1-3-7(8)16)9(18)17-10(4-5-10)11(13,14)15/h1-3H,4-5,16H2,(H,17,18). The molecule has 7 heteroatoms. The van der Waals surface area contributed by atoms with Crippen LogP contribution in [0.3, 0.4) is 0 Å². The second-order valence-corrected chi connectivity index (χ2v) is 5.04. The van der Waals surface area contributed by atoms with Crippen LogP contribution in [-0.4, -0.2) is 17.6 Å². The minimum atomic E-state index is -4.42. The Morgan fingerprint density at radius 2 is 2.00 bits per heavy atom. The number of hydrogen-bond donors (Lipinski definition) is 2. The molecule has 1 saturated carbocycles. The van der Waals surface area contributed by atoms with Crippen molar-refractivity contribution in [3.8, 4) is 0 Å². The Hall–Kier alpha value is -1.24. The fourth-order valence-electron chi connectivity index (χ4n) is 1.61. The normalized spacial score (nSPS) is 17.3. The topological polar surface area (TPSA) is 55.1 Å². The van der Waals surface area contributed by atoms with E-state index in [9.17, 15) is 18.0 Å². The second-order valence-electron chi connectivity index (χ2n) is 4.24. The number of carbonyl (C=O) groups is 1. The van der Waals surface area contributed by atoms with E-state index in [4.69, 9.17) is 5.73 Å². The van der Waals surface area contributed by atoms with Crippen molar-refractivity contribution in [2.24, 2.45) is 0 Å². The number of hydrogen-bond acceptors (Lipinski definition) is 2. The van der Waals surface area contributed by atoms with E-state index in [1.54, 1.807) is 6.07 Å². The van der Waals surface area contributed by atoms with Crippen LogP contribution in [-0.2, 0) is 0 Å². The molecule has 1 amide bonds. The van der Waals surface area contributed by atoms with Crippen LogP contribution in [0, 0.1) is 0 Å². The molecule has 3 N–H and O–H groups in total. The predicted octanol–water partition coefficient (Wildman–Crippen LogP) is 2.86. The van der Waals surface area contributed by atoms with E-state index >= 15 is 0 Å². The van der Waals surface area contributed by atoms with Crippen molar-refractivity contribution < 1.29 is 18.0 Å². The molecule has 0 bridgehead atoms. The molecule has 1 aromatic carbocycles. The van der Waals surface area contributed by atoms with E-state index in [-0.39, 0.29) is 18.4 Å². The number of carbonyl (C=O) groups excluding carboxylic acids is 1. The number of nitrogen functional groups attached to an aromatic ring is 1. The SMILES string of the molecule is Nc1cccc(C(=O)NC2(C(F)(F)F)CC2)c1Br. The lowest BCUT2D eigenvalue weighted by atomic mass is 10.1. The first kappa shape index (κ1) is 13.2. The van der Waals surface area contributed by atoms with Gasteiger partial charge in [0.15, 0.2) is 0 Å². The van der Waals surface area contributed by atoms with Crippen LogP contribution in [0.4, 0.5) is 18.9 Å². The summed E-state index contributed by atoms with van der Waals surface area (Å²) in [6, 6.07) is 4.49. The summed E-state index contributed by atoms with van der Waals surface area (Å²) in [5.74, 6) is -0.774. The van der Waals surface area contributed by atoms with Crippen molar-refractivity contribution >= 4 is 27.5 Å². The summed E-state index contributed by atoms with van der Waals surface area (Å²) in [5.41, 5.74) is 3.92. The van der Waals surface area contributed by atoms with Crippen LogP contribution in [0.1, 0.15) is 23.2 Å². The molecule has 0 aliphatic heterocycles. The van der Waals surface area contributed by atoms with E-state index in [1.165, 1.54) is 12.1 Å². The largest absolute Gasteiger partial charge is 0.411 e. The van der Waals surface area contributed by atoms with Crippen molar-refractivity contribution in [3.63, 3.8) is 0 Å². The number of alkyl halides is 3. The number of halogens is 4. The van der Waals surface area contributed by atoms with Crippen LogP contribution < -0.4 is 11.1 Å². The molecule has 0 saturated heterocycles. The molecule has 18 heavy (non-hydrogen) atoms. The first-order valence-corrected chi connectivity index (χ1v) is 5.99. The van der Waals surface area contributed by atoms with Gasteiger partial charge >= 0.3 is 6.18 Å². The molecule has 1 aliphatic rings. The predicted molar refractivity (Wildman–Crippen MR) is 64.0 cm³/mol. The Balaban J connectivity index is 2.21. The highest BCUT2D eigenvalue weighted by atomic mass is 79.9. The first-order chi connectivity index (χ1) is 8.27. The number of nitrogens with one attached hydrogen (secondary N) is 1. The number of benzene rings is 1. The van der Waals surface area contributed by atoms with Gasteiger partial charge in [0, 0.05) is 5.69 Å². The Labute approximate surface area is 110 Å². The molecule has 1 aliphatic carbocycles. The van der Waals surface area contributed by atoms with Gasteiger partial charge in [-0.25, -0.2) is 0 Å². The van der Waals surface area contributed by atoms with Crippen molar-refractivity contribution in [2.75, 3.05) is 5.73 Å². The third-order valence-corrected chi connectivity index (χ3v) is 3.80. The molecule has 0 spiro atoms. The zero-order chi connectivity index (χ0) is 13.6. The molecule has 98 valence electrons. The van der Waals surface area contributed by atoms with Crippen molar-refractivity contribution in [1.29, 1.82) is 0 Å². The molecular formula is C11H10BrF3N2O. The summed E-state index contributed by atoms with van der Waals surface area (Å²) in [6.45, 7) is 0. The molecule has 0 radical (unpaired) electrons. The van der Waals surface area contributed by atoms with Gasteiger partial charge in [-0.1, -0.05) is 6.07 Å². The minimum absolute atomic E-state index is 0.0812. The maximum Gasteiger partial charge on any atom is 0.411 e. The van der Waals surface area contributed by atoms with Crippen LogP contribution in [0.2, 0.25) is 0 Å². The average molecular weight is 323 g/mol. The molecule has 1 aromatic rings. The highest BCUT2D eigenvalue weighted by Crippen LogP contribution is 2.49. The van der Waals surface area contributed by atoms with Gasteiger partial charge in [0.2, 0.25) is 0 Å². The number of anilines is 1. The molecule has 1 fully saturated rings. The first-order valence-electron chi connectivity index (χ1n) is 5.20. The quantitative estimate of drug-likeness (QED) is 0.823. The van der Waals surface area contributed by atoms with Gasteiger partial charge < -0.3 is 11.1 Å². The van der Waals surface area contributed by atoms with E-state index < -0.39 is 17.6 Å². The summed E-state index contributed by atoms with van der Waals surface area (Å²) in [4.78, 5) is 11.8. The zero-order valence-corrected chi connectivity index (χ0v) is 10.7. The van der Waals surface area contributed by atoms with Crippen LogP contribution in [0.25, 0.3) is 0 Å². The summed E-state index contributed by atoms with van der Waals surface area (Å²) in [7, 11) is 0. The lowest BCUT2D eigenvalue weighted by molar-refractivity contribution is -0.163. The maximum absolute atomic E-state index is 12.7. The molecule has 0 aromatic heterocycles. The fraction of sp³-hybridized carbons (Fsp3) is 0.364. The number of rotatable bonds is 2. The van der Waals surface area contributed by atoms with Gasteiger partial charge in [-0.05, 0) is 40.9 Å². The van der Waals surface area contributed by atoms with Gasteiger partial charge in [0.25, 0.3) is 5.91 Å². The van der Waals surface area contributed by atoms with Gasteiger partial charge in [-0.15, -0.1) is 0 Å². The van der Waals surface area contributed by atoms with Gasteiger partial charge in [0.05, 0.1) is 10.0 Å². The lowest BCUT2D eigenvalue weighted by Crippen LogP contribution is -2.47. The Morgan fingerprint density at radius 1 is 1.39 bits per heavy atom. The number of nitrogens with two attached hydrogens (primary N) is 1. The van der Waals surface area contributed by atoms with E-state index in [0.717, 1.165) is 0 Å². The van der Waals surface area contributed by atoms with Crippen molar-refractivity contribution in [3.05, 3.63) is 28.2 Å². The summed E-state index contributed by atoms with van der Waals surface area (Å²) in [5, 5.41) is 2.04. The third kappa shape index (κ3) is 2.19. The highest BCUT2D eigenvalue weighted by Gasteiger charge is 2.64. The van der Waals surface area contributed by atoms with Crippen molar-refractivity contribution in [2.45, 2.75) is 24.6 Å². The van der Waals surface area contributed by atoms with Gasteiger partial charge in [-0.2, -0.15) is 13.2 Å². The van der Waals surface area contributed by atoms with Gasteiger partial charge in [0.1, 0.15) is 5.54 Å². The second kappa shape index (κ2) is 4.15. The molecule has 0 heterocycles. The zero-order valence-electron chi connectivity index (χ0n) is 9.14.